The van der Waals surface area contributed by atoms with Crippen LogP contribution in [-0.2, 0) is 6.42 Å². The van der Waals surface area contributed by atoms with Gasteiger partial charge in [0.15, 0.2) is 0 Å². The molecule has 1 aromatic heterocycles. The van der Waals surface area contributed by atoms with Crippen LogP contribution in [0.3, 0.4) is 0 Å². The van der Waals surface area contributed by atoms with Gasteiger partial charge in [-0.05, 0) is 30.7 Å². The highest BCUT2D eigenvalue weighted by molar-refractivity contribution is 5.55. The quantitative estimate of drug-likeness (QED) is 0.813. The minimum atomic E-state index is 0.108. The third-order valence-corrected chi connectivity index (χ3v) is 2.14. The summed E-state index contributed by atoms with van der Waals surface area (Å²) >= 11 is 0. The first kappa shape index (κ1) is 10.6. The number of aromatic hydroxyl groups is 1. The Kier molecular flexibility index (Phi) is 3.16. The maximum atomic E-state index is 9.13. The molecule has 0 atom stereocenters. The Balaban J connectivity index is 2.15. The van der Waals surface area contributed by atoms with E-state index in [0.717, 1.165) is 5.56 Å². The van der Waals surface area contributed by atoms with Crippen molar-refractivity contribution < 1.29 is 14.7 Å². The van der Waals surface area contributed by atoms with E-state index in [1.165, 1.54) is 0 Å². The number of benzene rings is 1. The van der Waals surface area contributed by atoms with Gasteiger partial charge in [-0.2, -0.15) is 4.98 Å². The van der Waals surface area contributed by atoms with Crippen molar-refractivity contribution in [2.24, 2.45) is 0 Å². The largest absolute Gasteiger partial charge is 0.508 e. The van der Waals surface area contributed by atoms with Gasteiger partial charge < -0.3 is 14.7 Å². The second-order valence-electron chi connectivity index (χ2n) is 3.39. The molecule has 0 aliphatic heterocycles. The third-order valence-electron chi connectivity index (χ3n) is 2.14. The molecule has 0 aliphatic carbocycles. The lowest BCUT2D eigenvalue weighted by atomic mass is 10.2. The summed E-state index contributed by atoms with van der Waals surface area (Å²) in [5.41, 5.74) is 0.789. The zero-order chi connectivity index (χ0) is 11.4. The van der Waals surface area contributed by atoms with Crippen LogP contribution in [0.15, 0.2) is 28.8 Å². The molecule has 1 aromatic carbocycles. The van der Waals surface area contributed by atoms with Crippen molar-refractivity contribution >= 4 is 0 Å². The minimum Gasteiger partial charge on any atom is -0.508 e. The number of hydrogen-bond donors (Lipinski definition) is 2. The van der Waals surface area contributed by atoms with Gasteiger partial charge in [0.05, 0.1) is 0 Å². The van der Waals surface area contributed by atoms with E-state index in [2.05, 4.69) is 10.1 Å². The van der Waals surface area contributed by atoms with E-state index in [1.54, 1.807) is 24.3 Å². The first-order valence-corrected chi connectivity index (χ1v) is 5.02. The fourth-order valence-electron chi connectivity index (χ4n) is 1.31. The fourth-order valence-corrected chi connectivity index (χ4v) is 1.31. The number of aryl methyl sites for hydroxylation is 1. The van der Waals surface area contributed by atoms with Crippen molar-refractivity contribution in [3.63, 3.8) is 0 Å². The van der Waals surface area contributed by atoms with Gasteiger partial charge in [-0.15, -0.1) is 0 Å². The molecule has 0 fully saturated rings. The fraction of sp³-hybridized carbons (Fsp3) is 0.273. The molecule has 2 aromatic rings. The molecule has 5 nitrogen and oxygen atoms in total. The van der Waals surface area contributed by atoms with E-state index in [1.807, 2.05) is 0 Å². The number of aliphatic hydroxyl groups excluding tert-OH is 1. The Morgan fingerprint density at radius 3 is 2.62 bits per heavy atom. The normalized spacial score (nSPS) is 10.6. The highest BCUT2D eigenvalue weighted by atomic mass is 16.5. The Bertz CT molecular complexity index is 451. The van der Waals surface area contributed by atoms with E-state index >= 15 is 0 Å². The molecular formula is C11H12N2O3. The molecule has 0 amide bonds. The maximum absolute atomic E-state index is 9.13. The van der Waals surface area contributed by atoms with Crippen LogP contribution in [0.4, 0.5) is 0 Å². The van der Waals surface area contributed by atoms with Crippen molar-refractivity contribution in [1.29, 1.82) is 0 Å². The van der Waals surface area contributed by atoms with Gasteiger partial charge in [-0.25, -0.2) is 0 Å². The lowest BCUT2D eigenvalue weighted by Gasteiger charge is -1.93. The highest BCUT2D eigenvalue weighted by Gasteiger charge is 2.07. The van der Waals surface area contributed by atoms with E-state index in [4.69, 9.17) is 14.7 Å². The van der Waals surface area contributed by atoms with Crippen molar-refractivity contribution in [2.75, 3.05) is 6.61 Å². The van der Waals surface area contributed by atoms with Crippen LogP contribution in [0.5, 0.6) is 5.75 Å². The zero-order valence-electron chi connectivity index (χ0n) is 8.63. The van der Waals surface area contributed by atoms with Crippen molar-refractivity contribution in [3.05, 3.63) is 30.2 Å². The summed E-state index contributed by atoms with van der Waals surface area (Å²) in [7, 11) is 0. The van der Waals surface area contributed by atoms with Gasteiger partial charge in [0, 0.05) is 18.6 Å². The number of phenols is 1. The molecule has 2 rings (SSSR count). The average Bonchev–Trinajstić information content (AvgIpc) is 2.76. The maximum Gasteiger partial charge on any atom is 0.227 e. The molecule has 0 unspecified atom stereocenters. The molecule has 0 radical (unpaired) electrons. The molecule has 0 spiro atoms. The molecule has 0 saturated heterocycles. The van der Waals surface area contributed by atoms with Gasteiger partial charge in [-0.3, -0.25) is 0 Å². The Morgan fingerprint density at radius 2 is 1.94 bits per heavy atom. The number of rotatable bonds is 4. The smallest absolute Gasteiger partial charge is 0.227 e. The summed E-state index contributed by atoms with van der Waals surface area (Å²) in [6.45, 7) is 0.108. The first-order valence-electron chi connectivity index (χ1n) is 5.02. The Labute approximate surface area is 92.4 Å². The van der Waals surface area contributed by atoms with Gasteiger partial charge in [0.1, 0.15) is 5.75 Å². The molecule has 0 bridgehead atoms. The molecule has 0 aliphatic rings. The molecule has 5 heteroatoms. The van der Waals surface area contributed by atoms with Crippen LogP contribution in [-0.4, -0.2) is 27.0 Å². The molecule has 0 saturated carbocycles. The average molecular weight is 220 g/mol. The number of aromatic nitrogens is 2. The van der Waals surface area contributed by atoms with E-state index in [-0.39, 0.29) is 12.4 Å². The predicted molar refractivity (Wildman–Crippen MR) is 56.8 cm³/mol. The van der Waals surface area contributed by atoms with Crippen LogP contribution in [0.1, 0.15) is 12.3 Å². The Morgan fingerprint density at radius 1 is 1.19 bits per heavy atom. The minimum absolute atomic E-state index is 0.108. The standard InChI is InChI=1S/C11H12N2O3/c14-7-1-2-10-12-11(13-16-10)8-3-5-9(15)6-4-8/h3-6,14-15H,1-2,7H2. The SMILES string of the molecule is OCCCc1nc(-c2ccc(O)cc2)no1. The van der Waals surface area contributed by atoms with E-state index < -0.39 is 0 Å². The van der Waals surface area contributed by atoms with Crippen LogP contribution in [0.25, 0.3) is 11.4 Å². The van der Waals surface area contributed by atoms with E-state index in [0.29, 0.717) is 24.6 Å². The number of nitrogens with zero attached hydrogens (tertiary/aromatic N) is 2. The Hall–Kier alpha value is -1.88. The molecule has 2 N–H and O–H groups in total. The molecule has 84 valence electrons. The summed E-state index contributed by atoms with van der Waals surface area (Å²) in [5, 5.41) is 21.6. The number of aliphatic hydroxyl groups is 1. The lowest BCUT2D eigenvalue weighted by Crippen LogP contribution is -1.89. The predicted octanol–water partition coefficient (Wildman–Crippen LogP) is 1.37. The highest BCUT2D eigenvalue weighted by Crippen LogP contribution is 2.19. The van der Waals surface area contributed by atoms with Crippen LogP contribution in [0, 0.1) is 0 Å². The topological polar surface area (TPSA) is 79.4 Å². The first-order chi connectivity index (χ1) is 7.79. The second kappa shape index (κ2) is 4.76. The summed E-state index contributed by atoms with van der Waals surface area (Å²) in [6.07, 6.45) is 1.18. The summed E-state index contributed by atoms with van der Waals surface area (Å²) < 4.78 is 5.02. The van der Waals surface area contributed by atoms with Crippen molar-refractivity contribution in [1.82, 2.24) is 10.1 Å². The van der Waals surface area contributed by atoms with Crippen LogP contribution >= 0.6 is 0 Å². The van der Waals surface area contributed by atoms with Gasteiger partial charge in [0.2, 0.25) is 11.7 Å². The number of hydrogen-bond acceptors (Lipinski definition) is 5. The van der Waals surface area contributed by atoms with Crippen LogP contribution < -0.4 is 0 Å². The second-order valence-corrected chi connectivity index (χ2v) is 3.39. The van der Waals surface area contributed by atoms with E-state index in [9.17, 15) is 0 Å². The summed E-state index contributed by atoms with van der Waals surface area (Å²) in [6, 6.07) is 6.57. The van der Waals surface area contributed by atoms with Gasteiger partial charge >= 0.3 is 0 Å². The number of phenolic OH excluding ortho intramolecular Hbond substituents is 1. The summed E-state index contributed by atoms with van der Waals surface area (Å²) in [4.78, 5) is 4.18. The van der Waals surface area contributed by atoms with Gasteiger partial charge in [-0.1, -0.05) is 5.16 Å². The molecular weight excluding hydrogens is 208 g/mol. The zero-order valence-corrected chi connectivity index (χ0v) is 8.63. The lowest BCUT2D eigenvalue weighted by molar-refractivity contribution is 0.278. The van der Waals surface area contributed by atoms with Crippen LogP contribution in [0.2, 0.25) is 0 Å². The molecule has 16 heavy (non-hydrogen) atoms. The van der Waals surface area contributed by atoms with Crippen molar-refractivity contribution in [3.8, 4) is 17.1 Å². The third kappa shape index (κ3) is 2.38. The molecule has 1 heterocycles. The summed E-state index contributed by atoms with van der Waals surface area (Å²) in [5.74, 6) is 1.21. The van der Waals surface area contributed by atoms with Gasteiger partial charge in [0.25, 0.3) is 0 Å². The van der Waals surface area contributed by atoms with Crippen molar-refractivity contribution in [2.45, 2.75) is 12.8 Å². The monoisotopic (exact) mass is 220 g/mol.